The molecule has 0 spiro atoms. The van der Waals surface area contributed by atoms with E-state index < -0.39 is 0 Å². The van der Waals surface area contributed by atoms with E-state index >= 15 is 0 Å². The molecule has 102 valence electrons. The summed E-state index contributed by atoms with van der Waals surface area (Å²) in [6.45, 7) is 4.11. The smallest absolute Gasteiger partial charge is 0.104 e. The first kappa shape index (κ1) is 14.2. The fourth-order valence-corrected chi connectivity index (χ4v) is 2.49. The Morgan fingerprint density at radius 1 is 1.21 bits per heavy atom. The zero-order chi connectivity index (χ0) is 13.5. The molecule has 0 saturated heterocycles. The van der Waals surface area contributed by atoms with Gasteiger partial charge in [0.15, 0.2) is 0 Å². The molecule has 1 atom stereocenters. The molecule has 0 fully saturated rings. The highest BCUT2D eigenvalue weighted by Gasteiger charge is 2.12. The Morgan fingerprint density at radius 3 is 2.79 bits per heavy atom. The number of hydrogen-bond donors (Lipinski definition) is 1. The Hall–Kier alpha value is -1.25. The molecule has 1 aromatic carbocycles. The van der Waals surface area contributed by atoms with Gasteiger partial charge in [0.1, 0.15) is 5.76 Å². The fraction of sp³-hybridized carbons (Fsp3) is 0.375. The van der Waals surface area contributed by atoms with Gasteiger partial charge in [-0.2, -0.15) is 0 Å². The zero-order valence-electron chi connectivity index (χ0n) is 11.2. The first-order valence-corrected chi connectivity index (χ1v) is 7.13. The van der Waals surface area contributed by atoms with Gasteiger partial charge in [0.05, 0.1) is 6.26 Å². The minimum atomic E-state index is 0.518. The van der Waals surface area contributed by atoms with Crippen LogP contribution in [0, 0.1) is 5.92 Å². The van der Waals surface area contributed by atoms with E-state index in [4.69, 9.17) is 16.0 Å². The van der Waals surface area contributed by atoms with Gasteiger partial charge in [-0.3, -0.25) is 0 Å². The topological polar surface area (TPSA) is 25.2 Å². The molecular formula is C16H20ClNO. The van der Waals surface area contributed by atoms with E-state index in [1.807, 2.05) is 30.3 Å². The molecule has 1 N–H and O–H groups in total. The molecule has 2 aromatic rings. The molecule has 0 radical (unpaired) electrons. The molecule has 0 aliphatic heterocycles. The van der Waals surface area contributed by atoms with Gasteiger partial charge < -0.3 is 9.73 Å². The Kier molecular flexibility index (Phi) is 5.49. The molecule has 1 heterocycles. The standard InChI is InChI=1S/C16H20ClNO/c1-2-18-12-14(11-16-7-4-8-19-16)9-13-5-3-6-15(17)10-13/h3-8,10,14,18H,2,9,11-12H2,1H3. The maximum absolute atomic E-state index is 6.04. The van der Waals surface area contributed by atoms with E-state index in [9.17, 15) is 0 Å². The second-order valence-electron chi connectivity index (χ2n) is 4.79. The van der Waals surface area contributed by atoms with Crippen LogP contribution in [0.2, 0.25) is 5.02 Å². The van der Waals surface area contributed by atoms with Crippen LogP contribution in [0.3, 0.4) is 0 Å². The van der Waals surface area contributed by atoms with Crippen LogP contribution in [0.1, 0.15) is 18.2 Å². The summed E-state index contributed by atoms with van der Waals surface area (Å²) in [5.41, 5.74) is 1.28. The zero-order valence-corrected chi connectivity index (χ0v) is 12.0. The fourth-order valence-electron chi connectivity index (χ4n) is 2.28. The Morgan fingerprint density at radius 2 is 2.11 bits per heavy atom. The minimum absolute atomic E-state index is 0.518. The highest BCUT2D eigenvalue weighted by atomic mass is 35.5. The average Bonchev–Trinajstić information content (AvgIpc) is 2.89. The van der Waals surface area contributed by atoms with Gasteiger partial charge in [0, 0.05) is 11.4 Å². The minimum Gasteiger partial charge on any atom is -0.469 e. The van der Waals surface area contributed by atoms with Crippen LogP contribution in [-0.4, -0.2) is 13.1 Å². The third kappa shape index (κ3) is 4.73. The van der Waals surface area contributed by atoms with Crippen molar-refractivity contribution in [3.8, 4) is 0 Å². The van der Waals surface area contributed by atoms with Crippen molar-refractivity contribution in [2.24, 2.45) is 5.92 Å². The Balaban J connectivity index is 2.00. The van der Waals surface area contributed by atoms with E-state index in [0.29, 0.717) is 5.92 Å². The van der Waals surface area contributed by atoms with Crippen molar-refractivity contribution in [2.45, 2.75) is 19.8 Å². The number of nitrogens with one attached hydrogen (secondary N) is 1. The van der Waals surface area contributed by atoms with Crippen LogP contribution in [0.25, 0.3) is 0 Å². The van der Waals surface area contributed by atoms with E-state index in [2.05, 4.69) is 18.3 Å². The van der Waals surface area contributed by atoms with Crippen molar-refractivity contribution in [1.29, 1.82) is 0 Å². The van der Waals surface area contributed by atoms with E-state index in [1.54, 1.807) is 6.26 Å². The lowest BCUT2D eigenvalue weighted by atomic mass is 9.95. The maximum atomic E-state index is 6.04. The number of hydrogen-bond acceptors (Lipinski definition) is 2. The van der Waals surface area contributed by atoms with Gasteiger partial charge in [-0.1, -0.05) is 30.7 Å². The maximum Gasteiger partial charge on any atom is 0.104 e. The molecule has 0 bridgehead atoms. The predicted molar refractivity (Wildman–Crippen MR) is 79.6 cm³/mol. The first-order chi connectivity index (χ1) is 9.28. The molecule has 0 saturated carbocycles. The molecule has 2 rings (SSSR count). The summed E-state index contributed by atoms with van der Waals surface area (Å²) in [6.07, 6.45) is 3.69. The first-order valence-electron chi connectivity index (χ1n) is 6.75. The normalized spacial score (nSPS) is 12.5. The third-order valence-corrected chi connectivity index (χ3v) is 3.40. The predicted octanol–water partition coefficient (Wildman–Crippen LogP) is 3.94. The third-order valence-electron chi connectivity index (χ3n) is 3.17. The summed E-state index contributed by atoms with van der Waals surface area (Å²) in [5.74, 6) is 1.56. The summed E-state index contributed by atoms with van der Waals surface area (Å²) in [6, 6.07) is 12.1. The summed E-state index contributed by atoms with van der Waals surface area (Å²) in [7, 11) is 0. The molecule has 3 heteroatoms. The number of furan rings is 1. The lowest BCUT2D eigenvalue weighted by Crippen LogP contribution is -2.25. The van der Waals surface area contributed by atoms with Gasteiger partial charge in [-0.25, -0.2) is 0 Å². The number of halogens is 1. The second kappa shape index (κ2) is 7.37. The molecule has 0 amide bonds. The SMILES string of the molecule is CCNCC(Cc1cccc(Cl)c1)Cc1ccco1. The van der Waals surface area contributed by atoms with Crippen molar-refractivity contribution in [1.82, 2.24) is 5.32 Å². The average molecular weight is 278 g/mol. The van der Waals surface area contributed by atoms with Crippen LogP contribution < -0.4 is 5.32 Å². The molecule has 19 heavy (non-hydrogen) atoms. The van der Waals surface area contributed by atoms with Crippen LogP contribution in [0.5, 0.6) is 0 Å². The number of benzene rings is 1. The molecule has 2 nitrogen and oxygen atoms in total. The van der Waals surface area contributed by atoms with Crippen LogP contribution in [0.4, 0.5) is 0 Å². The molecular weight excluding hydrogens is 258 g/mol. The van der Waals surface area contributed by atoms with Crippen molar-refractivity contribution in [3.05, 3.63) is 59.0 Å². The lowest BCUT2D eigenvalue weighted by molar-refractivity contribution is 0.418. The molecule has 0 aliphatic carbocycles. The Labute approximate surface area is 119 Å². The van der Waals surface area contributed by atoms with Gasteiger partial charge in [-0.05, 0) is 55.3 Å². The number of rotatable bonds is 7. The largest absolute Gasteiger partial charge is 0.469 e. The van der Waals surface area contributed by atoms with E-state index in [-0.39, 0.29) is 0 Å². The van der Waals surface area contributed by atoms with Crippen LogP contribution in [0.15, 0.2) is 47.1 Å². The highest BCUT2D eigenvalue weighted by Crippen LogP contribution is 2.17. The molecule has 0 aliphatic rings. The molecule has 1 aromatic heterocycles. The summed E-state index contributed by atoms with van der Waals surface area (Å²) in [5, 5.41) is 4.22. The molecule has 1 unspecified atom stereocenters. The van der Waals surface area contributed by atoms with Gasteiger partial charge in [0.25, 0.3) is 0 Å². The van der Waals surface area contributed by atoms with Crippen molar-refractivity contribution in [3.63, 3.8) is 0 Å². The Bertz CT molecular complexity index is 481. The van der Waals surface area contributed by atoms with E-state index in [1.165, 1.54) is 5.56 Å². The summed E-state index contributed by atoms with van der Waals surface area (Å²) >= 11 is 6.04. The lowest BCUT2D eigenvalue weighted by Gasteiger charge is -2.16. The monoisotopic (exact) mass is 277 g/mol. The van der Waals surface area contributed by atoms with Crippen molar-refractivity contribution in [2.75, 3.05) is 13.1 Å². The quantitative estimate of drug-likeness (QED) is 0.829. The van der Waals surface area contributed by atoms with Gasteiger partial charge >= 0.3 is 0 Å². The van der Waals surface area contributed by atoms with Gasteiger partial charge in [0.2, 0.25) is 0 Å². The summed E-state index contributed by atoms with van der Waals surface area (Å²) < 4.78 is 5.45. The van der Waals surface area contributed by atoms with Crippen molar-refractivity contribution >= 4 is 11.6 Å². The second-order valence-corrected chi connectivity index (χ2v) is 5.23. The van der Waals surface area contributed by atoms with E-state index in [0.717, 1.165) is 36.7 Å². The van der Waals surface area contributed by atoms with Gasteiger partial charge in [-0.15, -0.1) is 0 Å². The van der Waals surface area contributed by atoms with Crippen LogP contribution in [-0.2, 0) is 12.8 Å². The highest BCUT2D eigenvalue weighted by molar-refractivity contribution is 6.30. The van der Waals surface area contributed by atoms with Crippen LogP contribution >= 0.6 is 11.6 Å². The van der Waals surface area contributed by atoms with Crippen molar-refractivity contribution < 1.29 is 4.42 Å². The summed E-state index contributed by atoms with van der Waals surface area (Å²) in [4.78, 5) is 0.